The molecule has 4 rings (SSSR count). The molecule has 3 aromatic rings. The molecule has 100 valence electrons. The number of benzene rings is 2. The molecule has 0 atom stereocenters. The fraction of sp³-hybridized carbons (Fsp3) is 0. The number of nitrogens with zero attached hydrogens (tertiary/aromatic N) is 1. The van der Waals surface area contributed by atoms with Crippen LogP contribution in [0.15, 0.2) is 59.4 Å². The molecule has 4 heteroatoms. The zero-order valence-corrected chi connectivity index (χ0v) is 11.0. The van der Waals surface area contributed by atoms with E-state index in [4.69, 9.17) is 0 Å². The number of aromatic nitrogens is 2. The molecule has 0 spiro atoms. The molecule has 0 saturated carbocycles. The summed E-state index contributed by atoms with van der Waals surface area (Å²) in [5.41, 5.74) is 3.21. The highest BCUT2D eigenvalue weighted by Gasteiger charge is 2.32. The molecule has 1 aromatic heterocycles. The average molecular weight is 274 g/mol. The van der Waals surface area contributed by atoms with E-state index in [-0.39, 0.29) is 11.3 Å². The highest BCUT2D eigenvalue weighted by atomic mass is 16.1. The Kier molecular flexibility index (Phi) is 2.38. The van der Waals surface area contributed by atoms with E-state index in [1.54, 1.807) is 12.1 Å². The summed E-state index contributed by atoms with van der Waals surface area (Å²) < 4.78 is 0. The molecule has 0 amide bonds. The van der Waals surface area contributed by atoms with Gasteiger partial charge in [-0.3, -0.25) is 9.59 Å². The van der Waals surface area contributed by atoms with Crippen molar-refractivity contribution in [2.24, 2.45) is 0 Å². The van der Waals surface area contributed by atoms with Crippen molar-refractivity contribution in [1.82, 2.24) is 10.2 Å². The summed E-state index contributed by atoms with van der Waals surface area (Å²) in [7, 11) is 0. The molecule has 1 aliphatic rings. The van der Waals surface area contributed by atoms with Crippen molar-refractivity contribution in [3.63, 3.8) is 0 Å². The second kappa shape index (κ2) is 4.24. The number of carbonyl (C=O) groups is 1. The molecular formula is C17H10N2O2. The zero-order chi connectivity index (χ0) is 14.4. The number of ketones is 1. The fourth-order valence-electron chi connectivity index (χ4n) is 2.77. The SMILES string of the molecule is O=C1c2ccccc2-c2c(-c3ccccc3)n[nH]c(=O)c21. The topological polar surface area (TPSA) is 62.8 Å². The van der Waals surface area contributed by atoms with E-state index >= 15 is 0 Å². The maximum Gasteiger partial charge on any atom is 0.276 e. The van der Waals surface area contributed by atoms with Gasteiger partial charge in [0.25, 0.3) is 5.56 Å². The first-order chi connectivity index (χ1) is 10.3. The van der Waals surface area contributed by atoms with Crippen LogP contribution in [0.3, 0.4) is 0 Å². The first-order valence-electron chi connectivity index (χ1n) is 6.59. The lowest BCUT2D eigenvalue weighted by Crippen LogP contribution is -2.18. The van der Waals surface area contributed by atoms with Gasteiger partial charge in [0.05, 0.1) is 11.3 Å². The Bertz CT molecular complexity index is 927. The maximum absolute atomic E-state index is 12.4. The van der Waals surface area contributed by atoms with Crippen molar-refractivity contribution < 1.29 is 4.79 Å². The second-order valence-electron chi connectivity index (χ2n) is 4.89. The molecule has 21 heavy (non-hydrogen) atoms. The van der Waals surface area contributed by atoms with Crippen LogP contribution < -0.4 is 5.56 Å². The van der Waals surface area contributed by atoms with E-state index in [9.17, 15) is 9.59 Å². The van der Waals surface area contributed by atoms with Crippen LogP contribution in [0, 0.1) is 0 Å². The Balaban J connectivity index is 2.13. The molecule has 1 heterocycles. The monoisotopic (exact) mass is 274 g/mol. The first kappa shape index (κ1) is 11.8. The van der Waals surface area contributed by atoms with Gasteiger partial charge in [0.1, 0.15) is 0 Å². The number of hydrogen-bond donors (Lipinski definition) is 1. The van der Waals surface area contributed by atoms with Gasteiger partial charge in [0.15, 0.2) is 5.78 Å². The third kappa shape index (κ3) is 1.59. The molecule has 0 unspecified atom stereocenters. The van der Waals surface area contributed by atoms with Crippen LogP contribution in [0.1, 0.15) is 15.9 Å². The first-order valence-corrected chi connectivity index (χ1v) is 6.59. The van der Waals surface area contributed by atoms with Gasteiger partial charge >= 0.3 is 0 Å². The van der Waals surface area contributed by atoms with Crippen molar-refractivity contribution >= 4 is 5.78 Å². The smallest absolute Gasteiger partial charge is 0.276 e. The van der Waals surface area contributed by atoms with Gasteiger partial charge < -0.3 is 0 Å². The van der Waals surface area contributed by atoms with E-state index < -0.39 is 5.56 Å². The highest BCUT2D eigenvalue weighted by Crippen LogP contribution is 2.39. The summed E-state index contributed by atoms with van der Waals surface area (Å²) >= 11 is 0. The summed E-state index contributed by atoms with van der Waals surface area (Å²) in [5.74, 6) is -0.235. The van der Waals surface area contributed by atoms with Crippen molar-refractivity contribution in [3.8, 4) is 22.4 Å². The minimum Gasteiger partial charge on any atom is -0.288 e. The largest absolute Gasteiger partial charge is 0.288 e. The molecule has 1 aliphatic carbocycles. The molecule has 4 nitrogen and oxygen atoms in total. The van der Waals surface area contributed by atoms with Crippen molar-refractivity contribution in [2.45, 2.75) is 0 Å². The minimum absolute atomic E-state index is 0.185. The number of H-pyrrole nitrogens is 1. The molecular weight excluding hydrogens is 264 g/mol. The minimum atomic E-state index is -0.439. The van der Waals surface area contributed by atoms with Crippen LogP contribution in [-0.2, 0) is 0 Å². The summed E-state index contributed by atoms with van der Waals surface area (Å²) in [6.07, 6.45) is 0. The van der Waals surface area contributed by atoms with Crippen LogP contribution in [-0.4, -0.2) is 16.0 Å². The zero-order valence-electron chi connectivity index (χ0n) is 11.0. The fourth-order valence-corrected chi connectivity index (χ4v) is 2.77. The van der Waals surface area contributed by atoms with Gasteiger partial charge in [0.2, 0.25) is 0 Å². The van der Waals surface area contributed by atoms with Gasteiger partial charge in [0, 0.05) is 16.7 Å². The molecule has 1 N–H and O–H groups in total. The Hall–Kier alpha value is -3.01. The lowest BCUT2D eigenvalue weighted by atomic mass is 10.0. The summed E-state index contributed by atoms with van der Waals surface area (Å²) in [6, 6.07) is 16.8. The van der Waals surface area contributed by atoms with Gasteiger partial charge in [-0.15, -0.1) is 0 Å². The normalized spacial score (nSPS) is 12.1. The Labute approximate surface area is 120 Å². The second-order valence-corrected chi connectivity index (χ2v) is 4.89. The van der Waals surface area contributed by atoms with Gasteiger partial charge in [-0.05, 0) is 5.56 Å². The summed E-state index contributed by atoms with van der Waals surface area (Å²) in [6.45, 7) is 0. The van der Waals surface area contributed by atoms with E-state index in [1.807, 2.05) is 42.5 Å². The number of nitrogens with one attached hydrogen (secondary N) is 1. The Morgan fingerprint density at radius 2 is 1.43 bits per heavy atom. The molecule has 0 bridgehead atoms. The quantitative estimate of drug-likeness (QED) is 0.580. The predicted octanol–water partition coefficient (Wildman–Crippen LogP) is 2.65. The lowest BCUT2D eigenvalue weighted by Gasteiger charge is -2.06. The predicted molar refractivity (Wildman–Crippen MR) is 79.2 cm³/mol. The Morgan fingerprint density at radius 3 is 2.19 bits per heavy atom. The van der Waals surface area contributed by atoms with Crippen molar-refractivity contribution in [2.75, 3.05) is 0 Å². The molecule has 2 aromatic carbocycles. The number of rotatable bonds is 1. The number of hydrogen-bond acceptors (Lipinski definition) is 3. The Morgan fingerprint density at radius 1 is 0.762 bits per heavy atom. The van der Waals surface area contributed by atoms with E-state index in [2.05, 4.69) is 10.2 Å². The third-order valence-electron chi connectivity index (χ3n) is 3.70. The van der Waals surface area contributed by atoms with Gasteiger partial charge in [-0.2, -0.15) is 5.10 Å². The van der Waals surface area contributed by atoms with Gasteiger partial charge in [-0.1, -0.05) is 54.6 Å². The maximum atomic E-state index is 12.4. The summed E-state index contributed by atoms with van der Waals surface area (Å²) in [5, 5.41) is 6.60. The number of carbonyl (C=O) groups excluding carboxylic acids is 1. The van der Waals surface area contributed by atoms with Crippen LogP contribution in [0.25, 0.3) is 22.4 Å². The van der Waals surface area contributed by atoms with Crippen molar-refractivity contribution in [1.29, 1.82) is 0 Å². The molecule has 0 radical (unpaired) electrons. The van der Waals surface area contributed by atoms with Gasteiger partial charge in [-0.25, -0.2) is 5.10 Å². The molecule has 0 saturated heterocycles. The van der Waals surface area contributed by atoms with E-state index in [0.717, 1.165) is 11.1 Å². The third-order valence-corrected chi connectivity index (χ3v) is 3.70. The van der Waals surface area contributed by atoms with Crippen LogP contribution in [0.5, 0.6) is 0 Å². The van der Waals surface area contributed by atoms with Crippen LogP contribution >= 0.6 is 0 Å². The molecule has 0 aliphatic heterocycles. The number of aromatic amines is 1. The van der Waals surface area contributed by atoms with Crippen molar-refractivity contribution in [3.05, 3.63) is 76.1 Å². The average Bonchev–Trinajstić information content (AvgIpc) is 2.84. The highest BCUT2D eigenvalue weighted by molar-refractivity contribution is 6.23. The lowest BCUT2D eigenvalue weighted by molar-refractivity contribution is 0.104. The van der Waals surface area contributed by atoms with Crippen LogP contribution in [0.2, 0.25) is 0 Å². The van der Waals surface area contributed by atoms with E-state index in [1.165, 1.54) is 0 Å². The van der Waals surface area contributed by atoms with Crippen LogP contribution in [0.4, 0.5) is 0 Å². The van der Waals surface area contributed by atoms with E-state index in [0.29, 0.717) is 16.8 Å². The number of fused-ring (bicyclic) bond motifs is 3. The standard InChI is InChI=1S/C17H10N2O2/c20-16-12-9-5-4-8-11(12)13-14(16)17(21)19-18-15(13)10-6-2-1-3-7-10/h1-9H,(H,19,21). The summed E-state index contributed by atoms with van der Waals surface area (Å²) in [4.78, 5) is 24.5. The molecule has 0 fully saturated rings.